The van der Waals surface area contributed by atoms with E-state index >= 15 is 0 Å². The van der Waals surface area contributed by atoms with Gasteiger partial charge >= 0.3 is 0 Å². The van der Waals surface area contributed by atoms with E-state index in [1.54, 1.807) is 31.3 Å². The lowest BCUT2D eigenvalue weighted by molar-refractivity contribution is -0.890. The minimum Gasteiger partial charge on any atom is -0.388 e. The summed E-state index contributed by atoms with van der Waals surface area (Å²) in [6.07, 6.45) is 2.16. The van der Waals surface area contributed by atoms with Crippen molar-refractivity contribution in [1.29, 1.82) is 0 Å². The molecule has 0 heterocycles. The van der Waals surface area contributed by atoms with E-state index in [1.165, 1.54) is 0 Å². The number of quaternary nitrogens is 1. The monoisotopic (exact) mass is 395 g/mol. The Labute approximate surface area is 174 Å². The van der Waals surface area contributed by atoms with Gasteiger partial charge in [-0.3, -0.25) is 9.59 Å². The molecule has 1 aliphatic carbocycles. The summed E-state index contributed by atoms with van der Waals surface area (Å²) in [5.41, 5.74) is 3.34. The number of nitrogens with one attached hydrogen (secondary N) is 2. The maximum atomic E-state index is 13.2. The van der Waals surface area contributed by atoms with Crippen molar-refractivity contribution in [3.8, 4) is 0 Å². The zero-order chi connectivity index (χ0) is 20.3. The van der Waals surface area contributed by atoms with E-state index in [0.29, 0.717) is 27.9 Å². The molecule has 2 aromatic carbocycles. The molecule has 2 aromatic rings. The molecule has 0 radical (unpaired) electrons. The van der Waals surface area contributed by atoms with Crippen LogP contribution in [0.2, 0.25) is 0 Å². The van der Waals surface area contributed by atoms with Gasteiger partial charge in [0.2, 0.25) is 0 Å². The van der Waals surface area contributed by atoms with Crippen molar-refractivity contribution in [2.75, 3.05) is 51.4 Å². The second-order valence-corrected chi connectivity index (χ2v) is 8.03. The molecule has 0 aliphatic heterocycles. The molecule has 0 saturated carbocycles. The summed E-state index contributed by atoms with van der Waals surface area (Å²) in [6.45, 7) is 5.18. The van der Waals surface area contributed by atoms with Gasteiger partial charge in [0, 0.05) is 42.5 Å². The molecular formula is C24H33N3O2. The zero-order valence-electron chi connectivity index (χ0n) is 18.3. The third-order valence-corrected chi connectivity index (χ3v) is 5.43. The molecule has 5 nitrogen and oxygen atoms in total. The smallest absolute Gasteiger partial charge is 0.196 e. The number of fused-ring (bicyclic) bond motifs is 2. The lowest BCUT2D eigenvalue weighted by Crippen LogP contribution is -2.41. The van der Waals surface area contributed by atoms with Gasteiger partial charge in [0.05, 0.1) is 38.3 Å². The Morgan fingerprint density at radius 1 is 0.862 bits per heavy atom. The Bertz CT molecular complexity index is 903. The fourth-order valence-electron chi connectivity index (χ4n) is 4.03. The quantitative estimate of drug-likeness (QED) is 0.340. The molecular weight excluding hydrogens is 362 g/mol. The standard InChI is InChI=1S/C23H29N3O2.CH3/c1-5-14-26(3,4)15-8-13-25-19-12-11-18(24-2)20-21(19)23(28)17-10-7-6-9-16(17)22(20)27;/h6-7,9-12H,5,8,13-15H2,1-4H3,(H-,24,25,27,28);1H3/q;-1/p+1. The summed E-state index contributed by atoms with van der Waals surface area (Å²) in [5.74, 6) is -0.189. The van der Waals surface area contributed by atoms with E-state index in [2.05, 4.69) is 31.7 Å². The van der Waals surface area contributed by atoms with Gasteiger partial charge in [0.1, 0.15) is 0 Å². The highest BCUT2D eigenvalue weighted by atomic mass is 16.1. The van der Waals surface area contributed by atoms with Crippen LogP contribution in [0.4, 0.5) is 11.4 Å². The molecule has 0 saturated heterocycles. The number of anilines is 2. The third kappa shape index (κ3) is 4.51. The number of carbonyl (C=O) groups excluding carboxylic acids is 2. The first-order valence-electron chi connectivity index (χ1n) is 9.98. The van der Waals surface area contributed by atoms with Crippen molar-refractivity contribution in [3.63, 3.8) is 0 Å². The van der Waals surface area contributed by atoms with E-state index in [0.717, 1.165) is 42.6 Å². The van der Waals surface area contributed by atoms with Gasteiger partial charge in [-0.2, -0.15) is 0 Å². The number of ketones is 2. The minimum absolute atomic E-state index is 0. The van der Waals surface area contributed by atoms with Crippen molar-refractivity contribution in [2.24, 2.45) is 0 Å². The Hall–Kier alpha value is -2.66. The molecule has 156 valence electrons. The average molecular weight is 396 g/mol. The molecule has 0 bridgehead atoms. The fourth-order valence-corrected chi connectivity index (χ4v) is 4.03. The molecule has 0 atom stereocenters. The normalized spacial score (nSPS) is 12.7. The van der Waals surface area contributed by atoms with Crippen LogP contribution in [0.15, 0.2) is 36.4 Å². The van der Waals surface area contributed by atoms with Gasteiger partial charge in [-0.25, -0.2) is 0 Å². The third-order valence-electron chi connectivity index (χ3n) is 5.43. The van der Waals surface area contributed by atoms with Crippen LogP contribution in [0.1, 0.15) is 51.6 Å². The van der Waals surface area contributed by atoms with Crippen molar-refractivity contribution < 1.29 is 14.1 Å². The predicted molar refractivity (Wildman–Crippen MR) is 121 cm³/mol. The average Bonchev–Trinajstić information content (AvgIpc) is 2.68. The lowest BCUT2D eigenvalue weighted by Gasteiger charge is -2.29. The molecule has 29 heavy (non-hydrogen) atoms. The van der Waals surface area contributed by atoms with Crippen molar-refractivity contribution in [1.82, 2.24) is 0 Å². The Morgan fingerprint density at radius 3 is 1.97 bits per heavy atom. The first kappa shape index (κ1) is 22.6. The van der Waals surface area contributed by atoms with Gasteiger partial charge < -0.3 is 22.5 Å². The van der Waals surface area contributed by atoms with Crippen molar-refractivity contribution in [3.05, 3.63) is 66.1 Å². The minimum atomic E-state index is -0.0982. The SMILES string of the molecule is CCC[N+](C)(C)CCCNc1ccc(NC)c2c1C(=O)c1ccccc1C2=O.[CH3-]. The topological polar surface area (TPSA) is 58.2 Å². The molecule has 0 aromatic heterocycles. The number of hydrogen-bond donors (Lipinski definition) is 2. The van der Waals surface area contributed by atoms with E-state index < -0.39 is 0 Å². The first-order chi connectivity index (χ1) is 13.4. The predicted octanol–water partition coefficient (Wildman–Crippen LogP) is 4.24. The van der Waals surface area contributed by atoms with E-state index in [4.69, 9.17) is 0 Å². The summed E-state index contributed by atoms with van der Waals surface area (Å²) in [6, 6.07) is 10.8. The summed E-state index contributed by atoms with van der Waals surface area (Å²) in [4.78, 5) is 26.3. The number of benzene rings is 2. The zero-order valence-corrected chi connectivity index (χ0v) is 18.3. The molecule has 0 amide bonds. The van der Waals surface area contributed by atoms with Crippen molar-refractivity contribution in [2.45, 2.75) is 19.8 Å². The number of carbonyl (C=O) groups is 2. The van der Waals surface area contributed by atoms with Gasteiger partial charge in [0.15, 0.2) is 11.6 Å². The van der Waals surface area contributed by atoms with Gasteiger partial charge in [-0.05, 0) is 18.6 Å². The van der Waals surface area contributed by atoms with Crippen LogP contribution in [-0.4, -0.2) is 56.8 Å². The second kappa shape index (κ2) is 9.23. The van der Waals surface area contributed by atoms with Crippen LogP contribution < -0.4 is 10.6 Å². The molecule has 0 spiro atoms. The van der Waals surface area contributed by atoms with E-state index in [1.807, 2.05) is 12.1 Å². The van der Waals surface area contributed by atoms with Crippen LogP contribution in [0.5, 0.6) is 0 Å². The number of hydrogen-bond acceptors (Lipinski definition) is 4. The molecule has 3 rings (SSSR count). The maximum absolute atomic E-state index is 13.2. The number of nitrogens with zero attached hydrogens (tertiary/aromatic N) is 1. The largest absolute Gasteiger partial charge is 0.388 e. The highest BCUT2D eigenvalue weighted by Crippen LogP contribution is 2.36. The van der Waals surface area contributed by atoms with E-state index in [-0.39, 0.29) is 19.0 Å². The molecule has 2 N–H and O–H groups in total. The fraction of sp³-hybridized carbons (Fsp3) is 0.375. The van der Waals surface area contributed by atoms with E-state index in [9.17, 15) is 9.59 Å². The first-order valence-corrected chi connectivity index (χ1v) is 9.98. The molecule has 1 aliphatic rings. The van der Waals surface area contributed by atoms with Gasteiger partial charge in [0.25, 0.3) is 0 Å². The maximum Gasteiger partial charge on any atom is 0.196 e. The summed E-state index contributed by atoms with van der Waals surface area (Å²) in [7, 11) is 6.26. The van der Waals surface area contributed by atoms with Crippen LogP contribution in [0, 0.1) is 7.43 Å². The summed E-state index contributed by atoms with van der Waals surface area (Å²) < 4.78 is 0.986. The van der Waals surface area contributed by atoms with Crippen LogP contribution in [-0.2, 0) is 0 Å². The second-order valence-electron chi connectivity index (χ2n) is 8.03. The van der Waals surface area contributed by atoms with Crippen LogP contribution in [0.25, 0.3) is 0 Å². The van der Waals surface area contributed by atoms with Gasteiger partial charge in [-0.1, -0.05) is 31.2 Å². The Balaban J connectivity index is 0.00000300. The van der Waals surface area contributed by atoms with Crippen molar-refractivity contribution >= 4 is 22.9 Å². The van der Waals surface area contributed by atoms with Crippen LogP contribution in [0.3, 0.4) is 0 Å². The lowest BCUT2D eigenvalue weighted by atomic mass is 9.82. The van der Waals surface area contributed by atoms with Gasteiger partial charge in [-0.15, -0.1) is 0 Å². The van der Waals surface area contributed by atoms with Crippen LogP contribution >= 0.6 is 0 Å². The Kier molecular flexibility index (Phi) is 7.20. The Morgan fingerprint density at radius 2 is 1.41 bits per heavy atom. The highest BCUT2D eigenvalue weighted by molar-refractivity contribution is 6.31. The number of rotatable bonds is 8. The summed E-state index contributed by atoms with van der Waals surface area (Å²) in [5, 5.41) is 6.47. The molecule has 0 fully saturated rings. The highest BCUT2D eigenvalue weighted by Gasteiger charge is 2.33. The molecule has 0 unspecified atom stereocenters. The summed E-state index contributed by atoms with van der Waals surface area (Å²) >= 11 is 0. The molecule has 5 heteroatoms.